The van der Waals surface area contributed by atoms with Crippen LogP contribution in [0, 0.1) is 17.2 Å². The molecule has 0 unspecified atom stereocenters. The molecule has 0 saturated heterocycles. The predicted octanol–water partition coefficient (Wildman–Crippen LogP) is 3.96. The van der Waals surface area contributed by atoms with Gasteiger partial charge < -0.3 is 11.1 Å². The van der Waals surface area contributed by atoms with Gasteiger partial charge in [0.25, 0.3) is 0 Å². The van der Waals surface area contributed by atoms with Crippen LogP contribution in [0.4, 0.5) is 5.69 Å². The number of carbonyl (C=O) groups is 2. The Labute approximate surface area is 159 Å². The first kappa shape index (κ1) is 18.7. The van der Waals surface area contributed by atoms with Crippen molar-refractivity contribution in [3.8, 4) is 6.07 Å². The lowest BCUT2D eigenvalue weighted by molar-refractivity contribution is -0.117. The molecule has 0 aromatic heterocycles. The number of carbonyl (C=O) groups excluding carboxylic acids is 2. The second-order valence-electron chi connectivity index (χ2n) is 7.15. The monoisotopic (exact) mass is 361 g/mol. The van der Waals surface area contributed by atoms with Crippen molar-refractivity contribution in [1.29, 1.82) is 5.26 Å². The van der Waals surface area contributed by atoms with E-state index in [0.29, 0.717) is 29.4 Å². The van der Waals surface area contributed by atoms with Gasteiger partial charge in [-0.25, -0.2) is 0 Å². The zero-order chi connectivity index (χ0) is 19.2. The van der Waals surface area contributed by atoms with Gasteiger partial charge in [0.1, 0.15) is 0 Å². The zero-order valence-electron chi connectivity index (χ0n) is 15.2. The lowest BCUT2D eigenvalue weighted by Gasteiger charge is -2.28. The minimum absolute atomic E-state index is 0.0129. The molecule has 0 heterocycles. The number of hydrogen-bond acceptors (Lipinski definition) is 3. The summed E-state index contributed by atoms with van der Waals surface area (Å²) in [6, 6.07) is 16.5. The van der Waals surface area contributed by atoms with E-state index in [1.54, 1.807) is 30.3 Å². The fraction of sp³-hybridized carbons (Fsp3) is 0.318. The number of primary amides is 1. The van der Waals surface area contributed by atoms with Crippen molar-refractivity contribution >= 4 is 17.5 Å². The molecular weight excluding hydrogens is 338 g/mol. The predicted molar refractivity (Wildman–Crippen MR) is 104 cm³/mol. The van der Waals surface area contributed by atoms with Gasteiger partial charge in [-0.15, -0.1) is 0 Å². The van der Waals surface area contributed by atoms with E-state index in [2.05, 4.69) is 17.5 Å². The Bertz CT molecular complexity index is 860. The summed E-state index contributed by atoms with van der Waals surface area (Å²) in [4.78, 5) is 23.6. The number of anilines is 1. The van der Waals surface area contributed by atoms with Gasteiger partial charge in [-0.3, -0.25) is 9.59 Å². The van der Waals surface area contributed by atoms with Gasteiger partial charge in [-0.2, -0.15) is 5.26 Å². The number of hydrogen-bond donors (Lipinski definition) is 2. The maximum atomic E-state index is 12.3. The van der Waals surface area contributed by atoms with Crippen LogP contribution in [0.25, 0.3) is 0 Å². The minimum Gasteiger partial charge on any atom is -0.366 e. The lowest BCUT2D eigenvalue weighted by Crippen LogP contribution is -2.20. The van der Waals surface area contributed by atoms with E-state index in [-0.39, 0.29) is 5.91 Å². The topological polar surface area (TPSA) is 96.0 Å². The summed E-state index contributed by atoms with van der Waals surface area (Å²) in [5.41, 5.74) is 8.37. The summed E-state index contributed by atoms with van der Waals surface area (Å²) in [5.74, 6) is 0.407. The molecule has 1 saturated carbocycles. The molecule has 0 atom stereocenters. The van der Waals surface area contributed by atoms with Gasteiger partial charge in [0.05, 0.1) is 11.6 Å². The number of rotatable bonds is 5. The Morgan fingerprint density at radius 2 is 1.78 bits per heavy atom. The van der Waals surface area contributed by atoms with Crippen LogP contribution in [0.1, 0.15) is 59.5 Å². The molecule has 138 valence electrons. The van der Waals surface area contributed by atoms with Crippen LogP contribution in [0.3, 0.4) is 0 Å². The van der Waals surface area contributed by atoms with Crippen molar-refractivity contribution in [2.24, 2.45) is 11.7 Å². The average Bonchev–Trinajstić information content (AvgIpc) is 2.69. The van der Waals surface area contributed by atoms with E-state index in [1.807, 2.05) is 12.1 Å². The maximum Gasteiger partial charge on any atom is 0.248 e. The highest BCUT2D eigenvalue weighted by atomic mass is 16.1. The minimum atomic E-state index is -0.398. The zero-order valence-corrected chi connectivity index (χ0v) is 15.2. The second kappa shape index (κ2) is 8.50. The Kier molecular flexibility index (Phi) is 5.87. The molecule has 2 amide bonds. The Morgan fingerprint density at radius 3 is 2.41 bits per heavy atom. The van der Waals surface area contributed by atoms with E-state index in [1.165, 1.54) is 0 Å². The summed E-state index contributed by atoms with van der Waals surface area (Å²) in [6.45, 7) is 0. The van der Waals surface area contributed by atoms with Crippen molar-refractivity contribution in [3.05, 3.63) is 65.2 Å². The standard InChI is InChI=1S/C22H23N3O2/c23-14-16-6-10-20(11-7-16)25-21(26)12-15-4-8-17(9-5-15)18-2-1-3-19(13-18)22(24)27/h1-3,6-7,10-11,13,15,17H,4-5,8-9,12H2,(H2,24,27)(H,25,26). The molecule has 3 N–H and O–H groups in total. The number of benzene rings is 2. The lowest BCUT2D eigenvalue weighted by atomic mass is 9.77. The SMILES string of the molecule is N#Cc1ccc(NC(=O)CC2CCC(c3cccc(C(N)=O)c3)CC2)cc1. The first-order valence-electron chi connectivity index (χ1n) is 9.25. The van der Waals surface area contributed by atoms with Crippen LogP contribution in [0.2, 0.25) is 0 Å². The summed E-state index contributed by atoms with van der Waals surface area (Å²) in [5, 5.41) is 11.7. The molecule has 3 rings (SSSR count). The molecule has 1 aliphatic rings. The van der Waals surface area contributed by atoms with Crippen molar-refractivity contribution in [2.45, 2.75) is 38.0 Å². The largest absolute Gasteiger partial charge is 0.366 e. The van der Waals surface area contributed by atoms with Crippen LogP contribution in [-0.4, -0.2) is 11.8 Å². The molecule has 5 nitrogen and oxygen atoms in total. The van der Waals surface area contributed by atoms with E-state index >= 15 is 0 Å². The average molecular weight is 361 g/mol. The van der Waals surface area contributed by atoms with Crippen molar-refractivity contribution in [2.75, 3.05) is 5.32 Å². The molecular formula is C22H23N3O2. The first-order chi connectivity index (χ1) is 13.0. The van der Waals surface area contributed by atoms with Crippen LogP contribution in [-0.2, 0) is 4.79 Å². The van der Waals surface area contributed by atoms with E-state index in [0.717, 1.165) is 36.9 Å². The third kappa shape index (κ3) is 4.95. The van der Waals surface area contributed by atoms with E-state index < -0.39 is 5.91 Å². The van der Waals surface area contributed by atoms with Crippen LogP contribution in [0.15, 0.2) is 48.5 Å². The van der Waals surface area contributed by atoms with Gasteiger partial charge in [0.15, 0.2) is 0 Å². The van der Waals surface area contributed by atoms with Crippen LogP contribution < -0.4 is 11.1 Å². The first-order valence-corrected chi connectivity index (χ1v) is 9.25. The Balaban J connectivity index is 1.50. The fourth-order valence-corrected chi connectivity index (χ4v) is 3.75. The van der Waals surface area contributed by atoms with Gasteiger partial charge in [0, 0.05) is 17.7 Å². The molecule has 0 aliphatic heterocycles. The molecule has 1 aliphatic carbocycles. The summed E-state index contributed by atoms with van der Waals surface area (Å²) in [7, 11) is 0. The molecule has 1 fully saturated rings. The fourth-order valence-electron chi connectivity index (χ4n) is 3.75. The Hall–Kier alpha value is -3.13. The summed E-state index contributed by atoms with van der Waals surface area (Å²) in [6.07, 6.45) is 4.51. The van der Waals surface area contributed by atoms with Gasteiger partial charge in [-0.1, -0.05) is 12.1 Å². The molecule has 5 heteroatoms. The quantitative estimate of drug-likeness (QED) is 0.843. The van der Waals surface area contributed by atoms with Crippen molar-refractivity contribution in [3.63, 3.8) is 0 Å². The second-order valence-corrected chi connectivity index (χ2v) is 7.15. The highest BCUT2D eigenvalue weighted by molar-refractivity contribution is 5.93. The molecule has 2 aromatic rings. The summed E-state index contributed by atoms with van der Waals surface area (Å²) < 4.78 is 0. The van der Waals surface area contributed by atoms with Crippen molar-refractivity contribution in [1.82, 2.24) is 0 Å². The number of nitrogens with zero attached hydrogens (tertiary/aromatic N) is 1. The van der Waals surface area contributed by atoms with Crippen LogP contribution >= 0.6 is 0 Å². The van der Waals surface area contributed by atoms with Gasteiger partial charge in [0.2, 0.25) is 11.8 Å². The molecule has 0 spiro atoms. The molecule has 27 heavy (non-hydrogen) atoms. The number of nitriles is 1. The molecule has 2 aromatic carbocycles. The summed E-state index contributed by atoms with van der Waals surface area (Å²) >= 11 is 0. The highest BCUT2D eigenvalue weighted by Gasteiger charge is 2.24. The highest BCUT2D eigenvalue weighted by Crippen LogP contribution is 2.37. The van der Waals surface area contributed by atoms with Crippen molar-refractivity contribution < 1.29 is 9.59 Å². The number of nitrogens with two attached hydrogens (primary N) is 1. The molecule has 0 bridgehead atoms. The maximum absolute atomic E-state index is 12.3. The normalized spacial score (nSPS) is 19.1. The Morgan fingerprint density at radius 1 is 1.07 bits per heavy atom. The van der Waals surface area contributed by atoms with Gasteiger partial charge >= 0.3 is 0 Å². The number of nitrogens with one attached hydrogen (secondary N) is 1. The van der Waals surface area contributed by atoms with Crippen LogP contribution in [0.5, 0.6) is 0 Å². The third-order valence-corrected chi connectivity index (χ3v) is 5.26. The number of amides is 2. The van der Waals surface area contributed by atoms with E-state index in [9.17, 15) is 9.59 Å². The van der Waals surface area contributed by atoms with Gasteiger partial charge in [-0.05, 0) is 79.5 Å². The smallest absolute Gasteiger partial charge is 0.248 e. The molecule has 0 radical (unpaired) electrons. The third-order valence-electron chi connectivity index (χ3n) is 5.26. The van der Waals surface area contributed by atoms with E-state index in [4.69, 9.17) is 11.0 Å².